The average Bonchev–Trinajstić information content (AvgIpc) is 2.41. The van der Waals surface area contributed by atoms with E-state index in [0.29, 0.717) is 61.7 Å². The summed E-state index contributed by atoms with van der Waals surface area (Å²) in [4.78, 5) is 43.4. The number of H-pyrrole nitrogens is 1. The quantitative estimate of drug-likeness (QED) is 0.0525. The Balaban J connectivity index is 0.768. The number of ether oxygens (including phenoxy) is 3. The van der Waals surface area contributed by atoms with E-state index in [9.17, 15) is 28.4 Å². The van der Waals surface area contributed by atoms with Crippen LogP contribution in [0.25, 0.3) is 11.0 Å². The molecule has 1 spiro atoms. The second-order valence-electron chi connectivity index (χ2n) is 25.2. The lowest BCUT2D eigenvalue weighted by Crippen LogP contribution is -2.68. The first kappa shape index (κ1) is 55.4. The number of piperazine rings is 1. The Morgan fingerprint density at radius 2 is 1.77 bits per heavy atom. The van der Waals surface area contributed by atoms with Crippen LogP contribution in [-0.4, -0.2) is 128 Å². The molecule has 3 saturated heterocycles. The molecule has 438 valence electrons. The number of nitrogens with zero attached hydrogens (tertiary/aromatic N) is 6. The number of sulfonamides is 1. The zero-order chi connectivity index (χ0) is 57.5. The second-order valence-corrected chi connectivity index (χ2v) is 26.9. The van der Waals surface area contributed by atoms with Gasteiger partial charge in [0.25, 0.3) is 21.6 Å². The normalized spacial score (nSPS) is 24.6. The molecular formula is C63H74FN9O9S. The van der Waals surface area contributed by atoms with Gasteiger partial charge < -0.3 is 39.4 Å². The van der Waals surface area contributed by atoms with Crippen molar-refractivity contribution in [2.75, 3.05) is 74.7 Å². The number of amides is 1. The van der Waals surface area contributed by atoms with E-state index in [2.05, 4.69) is 86.0 Å². The van der Waals surface area contributed by atoms with Gasteiger partial charge in [0.15, 0.2) is 0 Å². The SMILES string of the molecule is COc1cc(CN2CCN(C3CC4(C3)CN(c3ccc(C(=O)NS(=O)(=O)c5ccc(NCC6CCC(C)(O)CC6)c([N+](=O)[O-])c5)c(N5c6cc7c(F)c[nH]c7nc6O[C@H]6COCC[C@@H]65)c3)C4)[C@H](c3ccccc3C(C)C)C2)ccc1C1CC1. The number of benzene rings is 4. The maximum atomic E-state index is 15.4. The second kappa shape index (κ2) is 21.7. The Morgan fingerprint density at radius 3 is 2.53 bits per heavy atom. The number of rotatable bonds is 16. The molecule has 83 heavy (non-hydrogen) atoms. The van der Waals surface area contributed by atoms with Crippen molar-refractivity contribution in [3.63, 3.8) is 0 Å². The Morgan fingerprint density at radius 1 is 0.976 bits per heavy atom. The van der Waals surface area contributed by atoms with E-state index in [1.54, 1.807) is 19.2 Å². The van der Waals surface area contributed by atoms with Gasteiger partial charge in [-0.05, 0) is 147 Å². The fourth-order valence-corrected chi connectivity index (χ4v) is 15.3. The van der Waals surface area contributed by atoms with E-state index in [4.69, 9.17) is 19.2 Å². The number of aromatic nitrogens is 2. The number of hydrogen-bond acceptors (Lipinski definition) is 15. The molecule has 4 N–H and O–H groups in total. The number of aromatic amines is 1. The fourth-order valence-electron chi connectivity index (χ4n) is 14.3. The van der Waals surface area contributed by atoms with Crippen molar-refractivity contribution in [3.05, 3.63) is 135 Å². The van der Waals surface area contributed by atoms with Crippen molar-refractivity contribution < 1.29 is 41.8 Å². The van der Waals surface area contributed by atoms with Gasteiger partial charge >= 0.3 is 0 Å². The number of nitro groups is 1. The number of fused-ring (bicyclic) bond motifs is 3. The Bertz CT molecular complexity index is 3590. The number of nitrogens with one attached hydrogen (secondary N) is 3. The minimum atomic E-state index is -4.69. The molecule has 18 nitrogen and oxygen atoms in total. The van der Waals surface area contributed by atoms with Crippen molar-refractivity contribution in [1.82, 2.24) is 24.5 Å². The van der Waals surface area contributed by atoms with Gasteiger partial charge in [0.1, 0.15) is 34.7 Å². The molecule has 2 aromatic heterocycles. The number of carbonyl (C=O) groups excluding carboxylic acids is 1. The third-order valence-electron chi connectivity index (χ3n) is 19.1. The summed E-state index contributed by atoms with van der Waals surface area (Å²) in [5.41, 5.74) is 6.34. The summed E-state index contributed by atoms with van der Waals surface area (Å²) in [6, 6.07) is 26.6. The molecule has 3 saturated carbocycles. The Kier molecular flexibility index (Phi) is 14.4. The summed E-state index contributed by atoms with van der Waals surface area (Å²) in [6.07, 6.45) is 8.42. The number of carbonyl (C=O) groups is 1. The largest absolute Gasteiger partial charge is 0.496 e. The molecule has 0 unspecified atom stereocenters. The monoisotopic (exact) mass is 1150 g/mol. The van der Waals surface area contributed by atoms with Crippen LogP contribution >= 0.6 is 0 Å². The number of nitro benzene ring substituents is 1. The smallest absolute Gasteiger partial charge is 0.293 e. The first-order chi connectivity index (χ1) is 39.9. The molecule has 1 amide bonds. The van der Waals surface area contributed by atoms with E-state index in [-0.39, 0.29) is 52.1 Å². The highest BCUT2D eigenvalue weighted by Crippen LogP contribution is 2.55. The van der Waals surface area contributed by atoms with Crippen molar-refractivity contribution in [2.24, 2.45) is 11.3 Å². The number of hydrogen-bond donors (Lipinski definition) is 4. The summed E-state index contributed by atoms with van der Waals surface area (Å²) in [5.74, 6) is 0.895. The van der Waals surface area contributed by atoms with Crippen LogP contribution in [0, 0.1) is 27.3 Å². The number of methoxy groups -OCH3 is 1. The fraction of sp³-hybridized carbons (Fsp3) is 0.492. The minimum Gasteiger partial charge on any atom is -0.496 e. The molecule has 6 heterocycles. The predicted octanol–water partition coefficient (Wildman–Crippen LogP) is 10.3. The Labute approximate surface area is 483 Å². The third kappa shape index (κ3) is 10.8. The van der Waals surface area contributed by atoms with Crippen LogP contribution in [0.3, 0.4) is 0 Å². The molecule has 3 aliphatic carbocycles. The molecule has 0 radical (unpaired) electrons. The van der Waals surface area contributed by atoms with Crippen LogP contribution < -0.4 is 29.3 Å². The summed E-state index contributed by atoms with van der Waals surface area (Å²) >= 11 is 0. The third-order valence-corrected chi connectivity index (χ3v) is 20.4. The van der Waals surface area contributed by atoms with E-state index in [1.807, 2.05) is 24.0 Å². The highest BCUT2D eigenvalue weighted by molar-refractivity contribution is 7.90. The molecule has 4 aromatic carbocycles. The van der Waals surface area contributed by atoms with Crippen molar-refractivity contribution in [1.29, 1.82) is 0 Å². The van der Waals surface area contributed by atoms with Crippen molar-refractivity contribution in [3.8, 4) is 11.6 Å². The molecule has 4 aliphatic heterocycles. The first-order valence-electron chi connectivity index (χ1n) is 29.6. The molecular weight excluding hydrogens is 1080 g/mol. The molecule has 0 bridgehead atoms. The number of halogens is 1. The summed E-state index contributed by atoms with van der Waals surface area (Å²) in [5, 5.41) is 26.2. The van der Waals surface area contributed by atoms with Gasteiger partial charge in [-0.3, -0.25) is 24.7 Å². The summed E-state index contributed by atoms with van der Waals surface area (Å²) < 4.78 is 64.5. The highest BCUT2D eigenvalue weighted by Gasteiger charge is 2.55. The topological polar surface area (TPSA) is 208 Å². The predicted molar refractivity (Wildman–Crippen MR) is 315 cm³/mol. The maximum Gasteiger partial charge on any atom is 0.293 e. The molecule has 6 aromatic rings. The van der Waals surface area contributed by atoms with Gasteiger partial charge in [-0.2, -0.15) is 4.98 Å². The van der Waals surface area contributed by atoms with Crippen molar-refractivity contribution >= 4 is 55.4 Å². The minimum absolute atomic E-state index is 0.0181. The lowest BCUT2D eigenvalue weighted by atomic mass is 9.59. The van der Waals surface area contributed by atoms with Crippen LogP contribution in [-0.2, 0) is 21.3 Å². The summed E-state index contributed by atoms with van der Waals surface area (Å²) in [7, 11) is -2.91. The Hall–Kier alpha value is -6.84. The first-order valence-corrected chi connectivity index (χ1v) is 31.1. The van der Waals surface area contributed by atoms with E-state index in [1.165, 1.54) is 53.4 Å². The lowest BCUT2D eigenvalue weighted by Gasteiger charge is -2.63. The number of pyridine rings is 1. The van der Waals surface area contributed by atoms with E-state index < -0.39 is 55.0 Å². The maximum absolute atomic E-state index is 15.4. The van der Waals surface area contributed by atoms with Crippen LogP contribution in [0.2, 0.25) is 0 Å². The van der Waals surface area contributed by atoms with Crippen LogP contribution in [0.4, 0.5) is 32.8 Å². The van der Waals surface area contributed by atoms with Gasteiger partial charge in [0, 0.05) is 87.9 Å². The van der Waals surface area contributed by atoms with Crippen LogP contribution in [0.15, 0.2) is 96.0 Å². The zero-order valence-corrected chi connectivity index (χ0v) is 48.4. The zero-order valence-electron chi connectivity index (χ0n) is 47.6. The van der Waals surface area contributed by atoms with Gasteiger partial charge in [0.2, 0.25) is 5.88 Å². The summed E-state index contributed by atoms with van der Waals surface area (Å²) in [6.45, 7) is 12.7. The standard InChI is InChI=1S/C63H74FN9O9S/c1-38(2)45-7-5-6-8-47(45)56-34-69(33-40-9-14-46(41-10-11-41)57(25-40)80-4)22-23-71(56)43-29-63(30-43)36-70(37-63)42-12-15-48(53(26-42)72-52-19-24-81-35-58(52)82-61-55(72)28-49-50(64)32-66-59(49)67-61)60(74)68-83(78,79)44-13-16-51(54(27-44)73(76)77)65-31-39-17-20-62(3,75)21-18-39/h5-9,12-16,25-28,32,38-39,41,43,52,56,58,65,75H,10-11,17-24,29-31,33-37H2,1-4H3,(H,66,67)(H,68,74)/t39?,52-,56-,58-,62?/m0/s1. The average molecular weight is 1150 g/mol. The number of anilines is 4. The molecule has 6 fully saturated rings. The van der Waals surface area contributed by atoms with Gasteiger partial charge in [-0.15, -0.1) is 0 Å². The molecule has 13 rings (SSSR count). The van der Waals surface area contributed by atoms with Gasteiger partial charge in [-0.25, -0.2) is 17.5 Å². The molecule has 3 atom stereocenters. The van der Waals surface area contributed by atoms with Crippen molar-refractivity contribution in [2.45, 2.75) is 132 Å². The van der Waals surface area contributed by atoms with E-state index in [0.717, 1.165) is 82.5 Å². The highest BCUT2D eigenvalue weighted by atomic mass is 32.2. The van der Waals surface area contributed by atoms with Gasteiger partial charge in [0.05, 0.1) is 51.8 Å². The molecule has 7 aliphatic rings. The van der Waals surface area contributed by atoms with E-state index >= 15 is 4.39 Å². The van der Waals surface area contributed by atoms with Gasteiger partial charge in [-0.1, -0.05) is 50.2 Å². The lowest BCUT2D eigenvalue weighted by molar-refractivity contribution is -0.384. The van der Waals surface area contributed by atoms with Crippen LogP contribution in [0.5, 0.6) is 11.6 Å². The molecule has 20 heteroatoms. The van der Waals surface area contributed by atoms with Crippen LogP contribution in [0.1, 0.15) is 129 Å². The number of aliphatic hydroxyl groups is 1.